The van der Waals surface area contributed by atoms with E-state index in [9.17, 15) is 9.18 Å². The quantitative estimate of drug-likeness (QED) is 0.789. The molecule has 0 saturated heterocycles. The largest absolute Gasteiger partial charge is 0.495 e. The lowest BCUT2D eigenvalue weighted by Gasteiger charge is -2.13. The van der Waals surface area contributed by atoms with Gasteiger partial charge < -0.3 is 15.6 Å². The predicted molar refractivity (Wildman–Crippen MR) is 59.3 cm³/mol. The molecule has 0 amide bonds. The molecule has 6 heteroatoms. The van der Waals surface area contributed by atoms with E-state index in [0.29, 0.717) is 5.75 Å². The van der Waals surface area contributed by atoms with Crippen LogP contribution in [0.4, 0.5) is 4.39 Å². The minimum Gasteiger partial charge on any atom is -0.495 e. The van der Waals surface area contributed by atoms with Gasteiger partial charge >= 0.3 is 5.97 Å². The van der Waals surface area contributed by atoms with E-state index in [2.05, 4.69) is 0 Å². The minimum atomic E-state index is -1.36. The lowest BCUT2D eigenvalue weighted by atomic mass is 10.1. The highest BCUT2D eigenvalue weighted by Crippen LogP contribution is 2.33. The van der Waals surface area contributed by atoms with Gasteiger partial charge in [-0.15, -0.1) is 11.8 Å². The second-order valence-electron chi connectivity index (χ2n) is 3.02. The maximum Gasteiger partial charge on any atom is 0.325 e. The number of carboxylic acid groups (broad SMARTS) is 1. The number of halogens is 1. The van der Waals surface area contributed by atoms with Crippen LogP contribution >= 0.6 is 11.8 Å². The van der Waals surface area contributed by atoms with Crippen molar-refractivity contribution in [3.05, 3.63) is 23.5 Å². The van der Waals surface area contributed by atoms with Crippen molar-refractivity contribution < 1.29 is 19.0 Å². The van der Waals surface area contributed by atoms with Crippen molar-refractivity contribution in [1.82, 2.24) is 0 Å². The maximum absolute atomic E-state index is 13.9. The molecule has 1 aromatic rings. The van der Waals surface area contributed by atoms with E-state index >= 15 is 0 Å². The molecule has 0 aromatic heterocycles. The van der Waals surface area contributed by atoms with Crippen molar-refractivity contribution in [3.63, 3.8) is 0 Å². The van der Waals surface area contributed by atoms with Gasteiger partial charge in [0.25, 0.3) is 0 Å². The highest BCUT2D eigenvalue weighted by atomic mass is 32.2. The first-order valence-corrected chi connectivity index (χ1v) is 5.64. The van der Waals surface area contributed by atoms with Gasteiger partial charge in [-0.1, -0.05) is 6.07 Å². The van der Waals surface area contributed by atoms with Gasteiger partial charge in [-0.2, -0.15) is 0 Å². The number of hydrogen-bond donors (Lipinski definition) is 2. The van der Waals surface area contributed by atoms with E-state index in [0.717, 1.165) is 11.8 Å². The molecular formula is C10H12FNO3S. The van der Waals surface area contributed by atoms with Crippen LogP contribution in [0, 0.1) is 5.82 Å². The van der Waals surface area contributed by atoms with Crippen LogP contribution in [0.1, 0.15) is 11.6 Å². The third-order valence-electron chi connectivity index (χ3n) is 2.12. The zero-order chi connectivity index (χ0) is 12.3. The summed E-state index contributed by atoms with van der Waals surface area (Å²) >= 11 is 1.14. The lowest BCUT2D eigenvalue weighted by molar-refractivity contribution is -0.138. The molecule has 88 valence electrons. The first-order chi connectivity index (χ1) is 7.52. The van der Waals surface area contributed by atoms with Gasteiger partial charge in [-0.3, -0.25) is 4.79 Å². The summed E-state index contributed by atoms with van der Waals surface area (Å²) < 4.78 is 18.9. The second-order valence-corrected chi connectivity index (χ2v) is 3.84. The zero-order valence-corrected chi connectivity index (χ0v) is 9.68. The highest BCUT2D eigenvalue weighted by Gasteiger charge is 2.22. The first-order valence-electron chi connectivity index (χ1n) is 4.41. The summed E-state index contributed by atoms with van der Waals surface area (Å²) in [6, 6.07) is 1.47. The molecular weight excluding hydrogens is 233 g/mol. The topological polar surface area (TPSA) is 72.5 Å². The smallest absolute Gasteiger partial charge is 0.325 e. The van der Waals surface area contributed by atoms with Crippen molar-refractivity contribution in [1.29, 1.82) is 0 Å². The van der Waals surface area contributed by atoms with Crippen molar-refractivity contribution in [2.45, 2.75) is 10.9 Å². The number of hydrogen-bond acceptors (Lipinski definition) is 4. The van der Waals surface area contributed by atoms with E-state index in [1.54, 1.807) is 6.26 Å². The average molecular weight is 245 g/mol. The Morgan fingerprint density at radius 3 is 2.69 bits per heavy atom. The number of thioether (sulfide) groups is 1. The maximum atomic E-state index is 13.9. The number of ether oxygens (including phenoxy) is 1. The number of carboxylic acids is 1. The summed E-state index contributed by atoms with van der Waals surface area (Å²) in [4.78, 5) is 10.9. The van der Waals surface area contributed by atoms with E-state index in [1.807, 2.05) is 0 Å². The Morgan fingerprint density at radius 2 is 2.25 bits per heavy atom. The van der Waals surface area contributed by atoms with Gasteiger partial charge in [0.1, 0.15) is 17.6 Å². The molecule has 0 aliphatic heterocycles. The molecule has 0 fully saturated rings. The monoisotopic (exact) mass is 245 g/mol. The Morgan fingerprint density at radius 1 is 1.62 bits per heavy atom. The minimum absolute atomic E-state index is 0.0438. The number of rotatable bonds is 4. The fraction of sp³-hybridized carbons (Fsp3) is 0.300. The van der Waals surface area contributed by atoms with Gasteiger partial charge in [0, 0.05) is 5.56 Å². The van der Waals surface area contributed by atoms with Crippen LogP contribution in [-0.4, -0.2) is 24.4 Å². The molecule has 0 aliphatic carbocycles. The summed E-state index contributed by atoms with van der Waals surface area (Å²) in [5.41, 5.74) is 5.32. The van der Waals surface area contributed by atoms with Crippen LogP contribution in [0.15, 0.2) is 17.0 Å². The van der Waals surface area contributed by atoms with Crippen molar-refractivity contribution in [2.75, 3.05) is 13.4 Å². The average Bonchev–Trinajstić information content (AvgIpc) is 2.27. The summed E-state index contributed by atoms with van der Waals surface area (Å²) in [6.07, 6.45) is 1.68. The number of benzene rings is 1. The van der Waals surface area contributed by atoms with Crippen LogP contribution in [0.2, 0.25) is 0 Å². The highest BCUT2D eigenvalue weighted by molar-refractivity contribution is 7.98. The molecule has 3 N–H and O–H groups in total. The van der Waals surface area contributed by atoms with Crippen LogP contribution in [-0.2, 0) is 4.79 Å². The summed E-state index contributed by atoms with van der Waals surface area (Å²) in [6.45, 7) is 0. The second kappa shape index (κ2) is 5.18. The van der Waals surface area contributed by atoms with Crippen molar-refractivity contribution in [2.24, 2.45) is 5.73 Å². The van der Waals surface area contributed by atoms with Crippen LogP contribution in [0.5, 0.6) is 5.75 Å². The van der Waals surface area contributed by atoms with Gasteiger partial charge in [-0.05, 0) is 12.3 Å². The zero-order valence-electron chi connectivity index (χ0n) is 8.86. The summed E-state index contributed by atoms with van der Waals surface area (Å²) in [5, 5.41) is 8.72. The molecule has 0 saturated carbocycles. The van der Waals surface area contributed by atoms with E-state index in [1.165, 1.54) is 19.2 Å². The molecule has 0 spiro atoms. The van der Waals surface area contributed by atoms with E-state index < -0.39 is 17.8 Å². The molecule has 0 bridgehead atoms. The molecule has 16 heavy (non-hydrogen) atoms. The fourth-order valence-electron chi connectivity index (χ4n) is 1.28. The van der Waals surface area contributed by atoms with Gasteiger partial charge in [-0.25, -0.2) is 4.39 Å². The van der Waals surface area contributed by atoms with Gasteiger partial charge in [0.05, 0.1) is 12.0 Å². The van der Waals surface area contributed by atoms with Gasteiger partial charge in [0.15, 0.2) is 0 Å². The fourth-order valence-corrected chi connectivity index (χ4v) is 1.93. The molecule has 4 nitrogen and oxygen atoms in total. The number of aliphatic carboxylic acids is 1. The van der Waals surface area contributed by atoms with Crippen LogP contribution in [0.25, 0.3) is 0 Å². The molecule has 0 heterocycles. The Balaban J connectivity index is 3.29. The van der Waals surface area contributed by atoms with Crippen LogP contribution in [0.3, 0.4) is 0 Å². The first kappa shape index (κ1) is 12.8. The van der Waals surface area contributed by atoms with Gasteiger partial charge in [0.2, 0.25) is 0 Å². The number of methoxy groups -OCH3 is 1. The Labute approximate surface area is 96.6 Å². The Kier molecular flexibility index (Phi) is 4.14. The SMILES string of the molecule is COc1ccc(C(N)C(=O)O)c(F)c1SC. The van der Waals surface area contributed by atoms with Crippen molar-refractivity contribution >= 4 is 17.7 Å². The third kappa shape index (κ3) is 2.28. The molecule has 1 unspecified atom stereocenters. The molecule has 1 rings (SSSR count). The molecule has 1 atom stereocenters. The summed E-state index contributed by atoms with van der Waals surface area (Å²) in [5.74, 6) is -1.54. The number of nitrogens with two attached hydrogens (primary N) is 1. The normalized spacial score (nSPS) is 12.2. The molecule has 0 radical (unpaired) electrons. The van der Waals surface area contributed by atoms with Crippen LogP contribution < -0.4 is 10.5 Å². The number of carbonyl (C=O) groups is 1. The van der Waals surface area contributed by atoms with Crippen molar-refractivity contribution in [3.8, 4) is 5.75 Å². The Hall–Kier alpha value is -1.27. The third-order valence-corrected chi connectivity index (χ3v) is 2.90. The Bertz CT molecular complexity index is 411. The van der Waals surface area contributed by atoms with E-state index in [-0.39, 0.29) is 10.5 Å². The lowest BCUT2D eigenvalue weighted by Crippen LogP contribution is -2.22. The molecule has 0 aliphatic rings. The molecule has 1 aromatic carbocycles. The van der Waals surface area contributed by atoms with E-state index in [4.69, 9.17) is 15.6 Å². The summed E-state index contributed by atoms with van der Waals surface area (Å²) in [7, 11) is 1.42. The predicted octanol–water partition coefficient (Wildman–Crippen LogP) is 1.64. The standard InChI is InChI=1S/C10H12FNO3S/c1-15-6-4-3-5(8(12)10(13)14)7(11)9(6)16-2/h3-4,8H,12H2,1-2H3,(H,13,14).